The van der Waals surface area contributed by atoms with Crippen LogP contribution in [0.1, 0.15) is 59.1 Å². The van der Waals surface area contributed by atoms with Gasteiger partial charge >= 0.3 is 19.4 Å². The predicted octanol–water partition coefficient (Wildman–Crippen LogP) is 4.28. The van der Waals surface area contributed by atoms with Gasteiger partial charge in [-0.1, -0.05) is 24.9 Å². The van der Waals surface area contributed by atoms with Gasteiger partial charge in [0, 0.05) is 0 Å². The van der Waals surface area contributed by atoms with Crippen molar-refractivity contribution in [1.29, 1.82) is 0 Å². The minimum absolute atomic E-state index is 0.0482. The van der Waals surface area contributed by atoms with Gasteiger partial charge in [0.2, 0.25) is 0 Å². The number of aromatic nitrogens is 1. The number of carbonyl (C=O) groups is 1. The average Bonchev–Trinajstić information content (AvgIpc) is 2.94. The molecule has 7 nitrogen and oxygen atoms in total. The van der Waals surface area contributed by atoms with E-state index in [2.05, 4.69) is 4.98 Å². The summed E-state index contributed by atoms with van der Waals surface area (Å²) in [5.41, 5.74) is -0.626. The molecule has 2 atom stereocenters. The number of alkyl halides is 3. The molecule has 12 heteroatoms. The molecule has 1 aromatic heterocycles. The number of halogens is 4. The zero-order valence-corrected chi connectivity index (χ0v) is 20.1. The molecule has 1 aromatic rings. The molecule has 0 bridgehead atoms. The minimum Gasteiger partial charge on any atom is -0.449 e. The van der Waals surface area contributed by atoms with Crippen LogP contribution in [0, 0.1) is 0 Å². The van der Waals surface area contributed by atoms with Crippen molar-refractivity contribution in [3.63, 3.8) is 0 Å². The van der Waals surface area contributed by atoms with Crippen LogP contribution in [0.3, 0.4) is 0 Å². The number of amides is 1. The minimum atomic E-state index is -4.66. The number of morpholine rings is 1. The van der Waals surface area contributed by atoms with E-state index in [1.165, 1.54) is 12.1 Å². The van der Waals surface area contributed by atoms with E-state index >= 15 is 0 Å². The van der Waals surface area contributed by atoms with Gasteiger partial charge in [0.15, 0.2) is 6.10 Å². The van der Waals surface area contributed by atoms with Crippen LogP contribution in [-0.2, 0) is 18.8 Å². The fourth-order valence-electron chi connectivity index (χ4n) is 3.48. The van der Waals surface area contributed by atoms with E-state index in [1.807, 2.05) is 34.6 Å². The summed E-state index contributed by atoms with van der Waals surface area (Å²) in [6, 6.07) is 2.96. The second-order valence-corrected chi connectivity index (χ2v) is 9.65. The molecule has 184 valence electrons. The molecule has 3 heterocycles. The third-order valence-corrected chi connectivity index (χ3v) is 6.34. The van der Waals surface area contributed by atoms with Gasteiger partial charge in [0.05, 0.1) is 36.5 Å². The predicted molar refractivity (Wildman–Crippen MR) is 116 cm³/mol. The molecular weight excluding hydrogens is 463 g/mol. The number of pyridine rings is 1. The summed E-state index contributed by atoms with van der Waals surface area (Å²) in [7, 11) is -0.857. The molecule has 2 fully saturated rings. The Morgan fingerprint density at radius 2 is 1.88 bits per heavy atom. The molecule has 0 N–H and O–H groups in total. The molecule has 2 unspecified atom stereocenters. The number of hydrogen-bond acceptors (Lipinski definition) is 6. The van der Waals surface area contributed by atoms with Gasteiger partial charge in [0.1, 0.15) is 11.3 Å². The number of unbranched alkanes of at least 4 members (excludes halogenated alkanes) is 1. The van der Waals surface area contributed by atoms with Gasteiger partial charge in [0.25, 0.3) is 0 Å². The SMILES string of the molecule is CCCCOC(=O)N1CC(c2cc(Cl)nc(B3OC(C)(C)C(C)(C)O3)c2)OC(C(F)(F)F)C1. The van der Waals surface area contributed by atoms with Crippen molar-refractivity contribution in [3.05, 3.63) is 22.8 Å². The van der Waals surface area contributed by atoms with Crippen LogP contribution >= 0.6 is 11.6 Å². The Hall–Kier alpha value is -1.56. The number of nitrogens with zero attached hydrogens (tertiary/aromatic N) is 2. The third-order valence-electron chi connectivity index (χ3n) is 6.15. The topological polar surface area (TPSA) is 70.1 Å². The molecule has 3 rings (SSSR count). The first kappa shape index (κ1) is 26.1. The Morgan fingerprint density at radius 1 is 1.24 bits per heavy atom. The van der Waals surface area contributed by atoms with Crippen LogP contribution in [0.25, 0.3) is 0 Å². The molecule has 2 aliphatic heterocycles. The molecule has 2 aliphatic rings. The van der Waals surface area contributed by atoms with Crippen molar-refractivity contribution in [3.8, 4) is 0 Å². The summed E-state index contributed by atoms with van der Waals surface area (Å²) in [4.78, 5) is 17.7. The molecule has 0 spiro atoms. The van der Waals surface area contributed by atoms with Crippen LogP contribution in [0.4, 0.5) is 18.0 Å². The standard InChI is InChI=1S/C21H29BClF3N2O5/c1-6-7-8-30-18(29)28-11-14(31-15(12-28)21(24,25)26)13-9-16(27-17(23)10-13)22-32-19(2,3)20(4,5)33-22/h9-10,14-15H,6-8,11-12H2,1-5H3. The van der Waals surface area contributed by atoms with Crippen molar-refractivity contribution >= 4 is 30.4 Å². The van der Waals surface area contributed by atoms with Crippen LogP contribution < -0.4 is 5.59 Å². The van der Waals surface area contributed by atoms with E-state index < -0.39 is 49.3 Å². The van der Waals surface area contributed by atoms with Crippen LogP contribution in [0.2, 0.25) is 5.15 Å². The molecule has 33 heavy (non-hydrogen) atoms. The van der Waals surface area contributed by atoms with Crippen molar-refractivity contribution in [2.24, 2.45) is 0 Å². The Labute approximate surface area is 197 Å². The van der Waals surface area contributed by atoms with Crippen molar-refractivity contribution in [1.82, 2.24) is 9.88 Å². The Bertz CT molecular complexity index is 855. The Balaban J connectivity index is 1.86. The highest BCUT2D eigenvalue weighted by Gasteiger charge is 2.53. The average molecular weight is 493 g/mol. The number of carbonyl (C=O) groups excluding carboxylic acids is 1. The lowest BCUT2D eigenvalue weighted by Crippen LogP contribution is -2.52. The van der Waals surface area contributed by atoms with Crippen molar-refractivity contribution in [2.45, 2.75) is 77.0 Å². The van der Waals surface area contributed by atoms with Gasteiger partial charge in [-0.05, 0) is 51.8 Å². The maximum absolute atomic E-state index is 13.6. The first-order chi connectivity index (χ1) is 15.2. The van der Waals surface area contributed by atoms with E-state index in [1.54, 1.807) is 0 Å². The highest BCUT2D eigenvalue weighted by Crippen LogP contribution is 2.37. The largest absolute Gasteiger partial charge is 0.514 e. The summed E-state index contributed by atoms with van der Waals surface area (Å²) < 4.78 is 63.2. The molecule has 2 saturated heterocycles. The van der Waals surface area contributed by atoms with Crippen LogP contribution in [0.5, 0.6) is 0 Å². The normalized spacial score (nSPS) is 24.8. The fourth-order valence-corrected chi connectivity index (χ4v) is 3.70. The van der Waals surface area contributed by atoms with Crippen molar-refractivity contribution in [2.75, 3.05) is 19.7 Å². The van der Waals surface area contributed by atoms with Gasteiger partial charge < -0.3 is 23.7 Å². The number of ether oxygens (including phenoxy) is 2. The highest BCUT2D eigenvalue weighted by atomic mass is 35.5. The monoisotopic (exact) mass is 492 g/mol. The number of rotatable bonds is 5. The first-order valence-electron chi connectivity index (χ1n) is 10.9. The smallest absolute Gasteiger partial charge is 0.449 e. The summed E-state index contributed by atoms with van der Waals surface area (Å²) in [6.07, 6.45) is -7.31. The molecule has 0 radical (unpaired) electrons. The van der Waals surface area contributed by atoms with E-state index in [0.717, 1.165) is 11.3 Å². The van der Waals surface area contributed by atoms with Crippen LogP contribution in [-0.4, -0.2) is 66.3 Å². The number of hydrogen-bond donors (Lipinski definition) is 0. The second-order valence-electron chi connectivity index (χ2n) is 9.26. The lowest BCUT2D eigenvalue weighted by Gasteiger charge is -2.38. The first-order valence-corrected chi connectivity index (χ1v) is 11.3. The quantitative estimate of drug-likeness (QED) is 0.347. The highest BCUT2D eigenvalue weighted by molar-refractivity contribution is 6.61. The molecule has 1 amide bonds. The van der Waals surface area contributed by atoms with E-state index in [4.69, 9.17) is 30.4 Å². The van der Waals surface area contributed by atoms with E-state index in [9.17, 15) is 18.0 Å². The zero-order valence-electron chi connectivity index (χ0n) is 19.4. The molecule has 0 aromatic carbocycles. The Kier molecular flexibility index (Phi) is 7.58. The fraction of sp³-hybridized carbons (Fsp3) is 0.714. The van der Waals surface area contributed by atoms with E-state index in [0.29, 0.717) is 17.6 Å². The van der Waals surface area contributed by atoms with E-state index in [-0.39, 0.29) is 18.3 Å². The summed E-state index contributed by atoms with van der Waals surface area (Å²) in [6.45, 7) is 8.79. The lowest BCUT2D eigenvalue weighted by molar-refractivity contribution is -0.252. The molecule has 0 aliphatic carbocycles. The zero-order chi connectivity index (χ0) is 24.6. The summed E-state index contributed by atoms with van der Waals surface area (Å²) >= 11 is 6.19. The maximum atomic E-state index is 13.6. The maximum Gasteiger partial charge on any atom is 0.514 e. The van der Waals surface area contributed by atoms with Gasteiger partial charge in [-0.15, -0.1) is 0 Å². The third kappa shape index (κ3) is 5.93. The summed E-state index contributed by atoms with van der Waals surface area (Å²) in [5, 5.41) is 0.0482. The Morgan fingerprint density at radius 3 is 2.45 bits per heavy atom. The molecule has 0 saturated carbocycles. The lowest BCUT2D eigenvalue weighted by atomic mass is 9.83. The van der Waals surface area contributed by atoms with Gasteiger partial charge in [-0.2, -0.15) is 13.2 Å². The van der Waals surface area contributed by atoms with Gasteiger partial charge in [-0.3, -0.25) is 0 Å². The van der Waals surface area contributed by atoms with Crippen molar-refractivity contribution < 1.29 is 36.7 Å². The van der Waals surface area contributed by atoms with Crippen LogP contribution in [0.15, 0.2) is 12.1 Å². The molecular formula is C21H29BClF3N2O5. The summed E-state index contributed by atoms with van der Waals surface area (Å²) in [5.74, 6) is 0. The second kappa shape index (κ2) is 9.60. The van der Waals surface area contributed by atoms with Gasteiger partial charge in [-0.25, -0.2) is 9.78 Å².